The lowest BCUT2D eigenvalue weighted by atomic mass is 10.2. The highest BCUT2D eigenvalue weighted by molar-refractivity contribution is 9.10. The van der Waals surface area contributed by atoms with Gasteiger partial charge < -0.3 is 4.90 Å². The quantitative estimate of drug-likeness (QED) is 0.818. The van der Waals surface area contributed by atoms with Gasteiger partial charge in [0.05, 0.1) is 17.1 Å². The molecule has 0 aromatic carbocycles. The molecule has 0 bridgehead atoms. The molecule has 1 unspecified atom stereocenters. The van der Waals surface area contributed by atoms with Crippen molar-refractivity contribution in [1.29, 1.82) is 5.26 Å². The summed E-state index contributed by atoms with van der Waals surface area (Å²) in [6, 6.07) is 3.66. The number of halogens is 1. The summed E-state index contributed by atoms with van der Waals surface area (Å²) in [5, 5.41) is 9.08. The van der Waals surface area contributed by atoms with E-state index >= 15 is 0 Å². The van der Waals surface area contributed by atoms with E-state index in [2.05, 4.69) is 27.0 Å². The Morgan fingerprint density at radius 1 is 1.61 bits per heavy atom. The minimum atomic E-state index is -2.94. The highest BCUT2D eigenvalue weighted by Gasteiger charge is 2.32. The SMILES string of the molecule is CN(c1ncc(Br)cc1C#N)C1CCS(=O)(=O)C1. The van der Waals surface area contributed by atoms with Crippen LogP contribution in [0.25, 0.3) is 0 Å². The lowest BCUT2D eigenvalue weighted by Crippen LogP contribution is -2.33. The smallest absolute Gasteiger partial charge is 0.152 e. The van der Waals surface area contributed by atoms with Gasteiger partial charge in [-0.15, -0.1) is 0 Å². The molecule has 0 radical (unpaired) electrons. The first-order valence-electron chi connectivity index (χ1n) is 5.42. The van der Waals surface area contributed by atoms with E-state index in [-0.39, 0.29) is 17.5 Å². The van der Waals surface area contributed by atoms with E-state index in [1.165, 1.54) is 0 Å². The number of pyridine rings is 1. The molecule has 2 heterocycles. The van der Waals surface area contributed by atoms with Gasteiger partial charge in [0.15, 0.2) is 9.84 Å². The number of hydrogen-bond donors (Lipinski definition) is 0. The van der Waals surface area contributed by atoms with E-state index in [4.69, 9.17) is 5.26 Å². The molecule has 18 heavy (non-hydrogen) atoms. The van der Waals surface area contributed by atoms with E-state index in [9.17, 15) is 8.42 Å². The molecule has 1 saturated heterocycles. The predicted molar refractivity (Wildman–Crippen MR) is 72.1 cm³/mol. The van der Waals surface area contributed by atoms with Crippen molar-refractivity contribution in [3.8, 4) is 6.07 Å². The molecule has 1 aromatic rings. The topological polar surface area (TPSA) is 74.1 Å². The van der Waals surface area contributed by atoms with Gasteiger partial charge >= 0.3 is 0 Å². The van der Waals surface area contributed by atoms with Gasteiger partial charge in [0.2, 0.25) is 0 Å². The van der Waals surface area contributed by atoms with Crippen LogP contribution in [0.1, 0.15) is 12.0 Å². The molecule has 1 aliphatic heterocycles. The fraction of sp³-hybridized carbons (Fsp3) is 0.455. The molecule has 1 aliphatic rings. The molecule has 0 aliphatic carbocycles. The lowest BCUT2D eigenvalue weighted by molar-refractivity contribution is 0.600. The molecule has 0 saturated carbocycles. The zero-order valence-corrected chi connectivity index (χ0v) is 12.2. The molecule has 96 valence electrons. The Labute approximate surface area is 114 Å². The van der Waals surface area contributed by atoms with Gasteiger partial charge in [-0.05, 0) is 28.4 Å². The van der Waals surface area contributed by atoms with Crippen LogP contribution in [-0.2, 0) is 9.84 Å². The summed E-state index contributed by atoms with van der Waals surface area (Å²) in [5.74, 6) is 0.870. The van der Waals surface area contributed by atoms with Gasteiger partial charge in [-0.25, -0.2) is 13.4 Å². The Hall–Kier alpha value is -1.13. The Balaban J connectivity index is 2.30. The average Bonchev–Trinajstić information content (AvgIpc) is 2.68. The highest BCUT2D eigenvalue weighted by Crippen LogP contribution is 2.25. The molecule has 0 amide bonds. The molecule has 1 atom stereocenters. The first-order chi connectivity index (χ1) is 8.43. The van der Waals surface area contributed by atoms with Gasteiger partial charge in [0.1, 0.15) is 11.9 Å². The molecular weight excluding hydrogens is 318 g/mol. The van der Waals surface area contributed by atoms with E-state index < -0.39 is 9.84 Å². The van der Waals surface area contributed by atoms with E-state index in [1.54, 1.807) is 24.2 Å². The van der Waals surface area contributed by atoms with Crippen LogP contribution in [0.5, 0.6) is 0 Å². The third kappa shape index (κ3) is 2.65. The van der Waals surface area contributed by atoms with Gasteiger partial charge in [0, 0.05) is 23.8 Å². The monoisotopic (exact) mass is 329 g/mol. The van der Waals surface area contributed by atoms with Crippen LogP contribution >= 0.6 is 15.9 Å². The van der Waals surface area contributed by atoms with E-state index in [1.807, 2.05) is 0 Å². The second-order valence-electron chi connectivity index (χ2n) is 4.30. The van der Waals surface area contributed by atoms with Crippen molar-refractivity contribution in [2.75, 3.05) is 23.5 Å². The third-order valence-corrected chi connectivity index (χ3v) is 5.23. The molecule has 2 rings (SSSR count). The van der Waals surface area contributed by atoms with E-state index in [0.717, 1.165) is 4.47 Å². The predicted octanol–water partition coefficient (Wildman–Crippen LogP) is 1.34. The Bertz CT molecular complexity index is 609. The maximum Gasteiger partial charge on any atom is 0.152 e. The summed E-state index contributed by atoms with van der Waals surface area (Å²) >= 11 is 3.26. The second-order valence-corrected chi connectivity index (χ2v) is 7.45. The number of sulfone groups is 1. The van der Waals surface area contributed by atoms with Crippen LogP contribution in [0.2, 0.25) is 0 Å². The first kappa shape index (κ1) is 13.3. The second kappa shape index (κ2) is 4.86. The minimum Gasteiger partial charge on any atom is -0.355 e. The highest BCUT2D eigenvalue weighted by atomic mass is 79.9. The van der Waals surface area contributed by atoms with Gasteiger partial charge in [-0.1, -0.05) is 0 Å². The van der Waals surface area contributed by atoms with Crippen molar-refractivity contribution in [1.82, 2.24) is 4.98 Å². The number of hydrogen-bond acceptors (Lipinski definition) is 5. The van der Waals surface area contributed by atoms with Gasteiger partial charge in [-0.2, -0.15) is 5.26 Å². The fourth-order valence-electron chi connectivity index (χ4n) is 2.05. The minimum absolute atomic E-state index is 0.101. The van der Waals surface area contributed by atoms with Crippen molar-refractivity contribution in [2.24, 2.45) is 0 Å². The molecular formula is C11H12BrN3O2S. The summed E-state index contributed by atoms with van der Waals surface area (Å²) in [7, 11) is -1.16. The molecule has 0 N–H and O–H groups in total. The van der Waals surface area contributed by atoms with Crippen LogP contribution in [-0.4, -0.2) is 38.0 Å². The van der Waals surface area contributed by atoms with Crippen molar-refractivity contribution in [3.63, 3.8) is 0 Å². The maximum atomic E-state index is 11.5. The molecule has 1 fully saturated rings. The number of anilines is 1. The largest absolute Gasteiger partial charge is 0.355 e. The summed E-state index contributed by atoms with van der Waals surface area (Å²) in [6.45, 7) is 0. The third-order valence-electron chi connectivity index (χ3n) is 3.04. The molecule has 7 heteroatoms. The van der Waals surface area contributed by atoms with Crippen molar-refractivity contribution < 1.29 is 8.42 Å². The number of aromatic nitrogens is 1. The summed E-state index contributed by atoms with van der Waals surface area (Å²) in [5.41, 5.74) is 0.441. The maximum absolute atomic E-state index is 11.5. The van der Waals surface area contributed by atoms with Crippen LogP contribution in [0, 0.1) is 11.3 Å². The van der Waals surface area contributed by atoms with E-state index in [0.29, 0.717) is 17.8 Å². The number of nitrogens with zero attached hydrogens (tertiary/aromatic N) is 3. The van der Waals surface area contributed by atoms with Crippen molar-refractivity contribution in [2.45, 2.75) is 12.5 Å². The average molecular weight is 330 g/mol. The van der Waals surface area contributed by atoms with Crippen LogP contribution in [0.3, 0.4) is 0 Å². The normalized spacial score (nSPS) is 21.5. The van der Waals surface area contributed by atoms with Crippen molar-refractivity contribution >= 4 is 31.6 Å². The molecule has 1 aromatic heterocycles. The fourth-order valence-corrected chi connectivity index (χ4v) is 4.15. The standard InChI is InChI=1S/C11H12BrN3O2S/c1-15(10-2-3-18(16,17)7-10)11-8(5-13)4-9(12)6-14-11/h4,6,10H,2-3,7H2,1H3. The van der Waals surface area contributed by atoms with Crippen molar-refractivity contribution in [3.05, 3.63) is 22.3 Å². The van der Waals surface area contributed by atoms with Crippen LogP contribution in [0.15, 0.2) is 16.7 Å². The Kier molecular flexibility index (Phi) is 3.59. The van der Waals surface area contributed by atoms with Crippen LogP contribution in [0.4, 0.5) is 5.82 Å². The zero-order chi connectivity index (χ0) is 13.3. The molecule has 0 spiro atoms. The Morgan fingerprint density at radius 2 is 2.33 bits per heavy atom. The number of rotatable bonds is 2. The first-order valence-corrected chi connectivity index (χ1v) is 8.03. The lowest BCUT2D eigenvalue weighted by Gasteiger charge is -2.25. The number of nitriles is 1. The summed E-state index contributed by atoms with van der Waals surface area (Å²) in [6.07, 6.45) is 2.19. The summed E-state index contributed by atoms with van der Waals surface area (Å²) < 4.78 is 23.7. The Morgan fingerprint density at radius 3 is 2.89 bits per heavy atom. The van der Waals surface area contributed by atoms with Crippen LogP contribution < -0.4 is 4.90 Å². The van der Waals surface area contributed by atoms with Gasteiger partial charge in [0.25, 0.3) is 0 Å². The molecule has 5 nitrogen and oxygen atoms in total. The van der Waals surface area contributed by atoms with Gasteiger partial charge in [-0.3, -0.25) is 0 Å². The zero-order valence-electron chi connectivity index (χ0n) is 9.80. The summed E-state index contributed by atoms with van der Waals surface area (Å²) in [4.78, 5) is 5.99.